The monoisotopic (exact) mass is 437 g/mol. The summed E-state index contributed by atoms with van der Waals surface area (Å²) in [7, 11) is 0. The largest absolute Gasteiger partial charge is 0.441 e. The first kappa shape index (κ1) is 21.1. The van der Waals surface area contributed by atoms with E-state index in [-0.39, 0.29) is 11.7 Å². The Balaban J connectivity index is 1.28. The quantitative estimate of drug-likeness (QED) is 0.532. The SMILES string of the molecule is CC(=O)c1ccc(N2CCN(C(=O)CCc3ncc(-c4ccccc4Cl)o3)CC2)cc1. The summed E-state index contributed by atoms with van der Waals surface area (Å²) in [5, 5.41) is 0.607. The number of halogens is 1. The molecule has 0 atom stereocenters. The van der Waals surface area contributed by atoms with Crippen molar-refractivity contribution in [3.8, 4) is 11.3 Å². The van der Waals surface area contributed by atoms with Crippen molar-refractivity contribution >= 4 is 29.0 Å². The highest BCUT2D eigenvalue weighted by Gasteiger charge is 2.22. The van der Waals surface area contributed by atoms with Gasteiger partial charge in [0.25, 0.3) is 0 Å². The Morgan fingerprint density at radius 3 is 2.42 bits per heavy atom. The van der Waals surface area contributed by atoms with Gasteiger partial charge in [-0.15, -0.1) is 0 Å². The molecule has 0 radical (unpaired) electrons. The van der Waals surface area contributed by atoms with Gasteiger partial charge in [0.15, 0.2) is 17.4 Å². The highest BCUT2D eigenvalue weighted by atomic mass is 35.5. The Bertz CT molecular complexity index is 1070. The summed E-state index contributed by atoms with van der Waals surface area (Å²) < 4.78 is 5.79. The van der Waals surface area contributed by atoms with Gasteiger partial charge in [-0.2, -0.15) is 0 Å². The lowest BCUT2D eigenvalue weighted by atomic mass is 10.1. The van der Waals surface area contributed by atoms with Crippen LogP contribution in [0.5, 0.6) is 0 Å². The first-order chi connectivity index (χ1) is 15.0. The molecule has 0 saturated carbocycles. The maximum atomic E-state index is 12.6. The van der Waals surface area contributed by atoms with Crippen molar-refractivity contribution in [3.05, 3.63) is 71.2 Å². The van der Waals surface area contributed by atoms with Crippen LogP contribution >= 0.6 is 11.6 Å². The fourth-order valence-electron chi connectivity index (χ4n) is 3.70. The average molecular weight is 438 g/mol. The first-order valence-electron chi connectivity index (χ1n) is 10.3. The second-order valence-electron chi connectivity index (χ2n) is 7.57. The van der Waals surface area contributed by atoms with Crippen molar-refractivity contribution in [2.45, 2.75) is 19.8 Å². The molecule has 2 aromatic carbocycles. The first-order valence-corrected chi connectivity index (χ1v) is 10.7. The number of carbonyl (C=O) groups is 2. The Morgan fingerprint density at radius 1 is 1.03 bits per heavy atom. The van der Waals surface area contributed by atoms with Gasteiger partial charge in [-0.05, 0) is 43.3 Å². The highest BCUT2D eigenvalue weighted by Crippen LogP contribution is 2.28. The molecule has 1 aromatic heterocycles. The minimum atomic E-state index is 0.0620. The molecule has 1 saturated heterocycles. The van der Waals surface area contributed by atoms with E-state index >= 15 is 0 Å². The zero-order chi connectivity index (χ0) is 21.8. The van der Waals surface area contributed by atoms with Gasteiger partial charge in [-0.3, -0.25) is 9.59 Å². The molecule has 3 aromatic rings. The van der Waals surface area contributed by atoms with Crippen LogP contribution in [0.3, 0.4) is 0 Å². The summed E-state index contributed by atoms with van der Waals surface area (Å²) in [4.78, 5) is 32.5. The van der Waals surface area contributed by atoms with E-state index in [4.69, 9.17) is 16.0 Å². The molecule has 1 fully saturated rings. The number of nitrogens with zero attached hydrogens (tertiary/aromatic N) is 3. The van der Waals surface area contributed by atoms with Gasteiger partial charge in [0.05, 0.1) is 11.2 Å². The predicted molar refractivity (Wildman–Crippen MR) is 121 cm³/mol. The Morgan fingerprint density at radius 2 is 1.74 bits per heavy atom. The summed E-state index contributed by atoms with van der Waals surface area (Å²) in [6.07, 6.45) is 2.46. The minimum absolute atomic E-state index is 0.0620. The molecule has 6 nitrogen and oxygen atoms in total. The van der Waals surface area contributed by atoms with Gasteiger partial charge in [-0.25, -0.2) is 4.98 Å². The van der Waals surface area contributed by atoms with E-state index in [2.05, 4.69) is 9.88 Å². The van der Waals surface area contributed by atoms with Crippen LogP contribution in [0.1, 0.15) is 29.6 Å². The molecule has 2 heterocycles. The number of aryl methyl sites for hydroxylation is 1. The number of amides is 1. The zero-order valence-corrected chi connectivity index (χ0v) is 18.1. The number of benzene rings is 2. The van der Waals surface area contributed by atoms with Gasteiger partial charge in [0, 0.05) is 55.8 Å². The third kappa shape index (κ3) is 4.97. The van der Waals surface area contributed by atoms with Crippen LogP contribution in [-0.4, -0.2) is 47.8 Å². The van der Waals surface area contributed by atoms with Crippen LogP contribution in [0.4, 0.5) is 5.69 Å². The second-order valence-corrected chi connectivity index (χ2v) is 7.98. The van der Waals surface area contributed by atoms with Crippen LogP contribution in [0.25, 0.3) is 11.3 Å². The Kier molecular flexibility index (Phi) is 6.37. The average Bonchev–Trinajstić information content (AvgIpc) is 3.27. The summed E-state index contributed by atoms with van der Waals surface area (Å²) >= 11 is 6.21. The number of oxazole rings is 1. The zero-order valence-electron chi connectivity index (χ0n) is 17.4. The van der Waals surface area contributed by atoms with Crippen LogP contribution < -0.4 is 4.90 Å². The summed E-state index contributed by atoms with van der Waals surface area (Å²) in [6.45, 7) is 4.43. The van der Waals surface area contributed by atoms with Crippen molar-refractivity contribution in [1.29, 1.82) is 0 Å². The van der Waals surface area contributed by atoms with Crippen molar-refractivity contribution in [1.82, 2.24) is 9.88 Å². The lowest BCUT2D eigenvalue weighted by Gasteiger charge is -2.36. The molecule has 0 bridgehead atoms. The van der Waals surface area contributed by atoms with Crippen LogP contribution in [0.15, 0.2) is 59.1 Å². The van der Waals surface area contributed by atoms with E-state index in [9.17, 15) is 9.59 Å². The van der Waals surface area contributed by atoms with Crippen LogP contribution in [-0.2, 0) is 11.2 Å². The molecular formula is C24H24ClN3O3. The topological polar surface area (TPSA) is 66.7 Å². The maximum Gasteiger partial charge on any atom is 0.223 e. The van der Waals surface area contributed by atoms with E-state index < -0.39 is 0 Å². The number of anilines is 1. The number of aromatic nitrogens is 1. The number of ketones is 1. The van der Waals surface area contributed by atoms with E-state index in [0.29, 0.717) is 48.2 Å². The van der Waals surface area contributed by atoms with Crippen molar-refractivity contribution in [2.75, 3.05) is 31.1 Å². The lowest BCUT2D eigenvalue weighted by Crippen LogP contribution is -2.48. The van der Waals surface area contributed by atoms with E-state index in [1.165, 1.54) is 0 Å². The molecule has 31 heavy (non-hydrogen) atoms. The lowest BCUT2D eigenvalue weighted by molar-refractivity contribution is -0.131. The molecule has 1 aliphatic heterocycles. The van der Waals surface area contributed by atoms with E-state index in [1.807, 2.05) is 47.4 Å². The maximum absolute atomic E-state index is 12.6. The molecule has 1 aliphatic rings. The molecule has 1 amide bonds. The summed E-state index contributed by atoms with van der Waals surface area (Å²) in [5.41, 5.74) is 2.58. The molecule has 0 N–H and O–H groups in total. The Hall–Kier alpha value is -3.12. The van der Waals surface area contributed by atoms with E-state index in [0.717, 1.165) is 24.3 Å². The minimum Gasteiger partial charge on any atom is -0.441 e. The van der Waals surface area contributed by atoms with Gasteiger partial charge in [0.2, 0.25) is 5.91 Å². The number of rotatable bonds is 6. The number of hydrogen-bond donors (Lipinski definition) is 0. The molecule has 0 spiro atoms. The summed E-state index contributed by atoms with van der Waals surface area (Å²) in [6, 6.07) is 15.1. The molecule has 0 unspecified atom stereocenters. The normalized spacial score (nSPS) is 14.0. The third-order valence-electron chi connectivity index (χ3n) is 5.52. The number of hydrogen-bond acceptors (Lipinski definition) is 5. The van der Waals surface area contributed by atoms with E-state index in [1.54, 1.807) is 19.2 Å². The summed E-state index contributed by atoms with van der Waals surface area (Å²) in [5.74, 6) is 1.31. The number of Topliss-reactive ketones (excluding diaryl/α,β-unsaturated/α-hetero) is 1. The second kappa shape index (κ2) is 9.35. The molecule has 0 aliphatic carbocycles. The third-order valence-corrected chi connectivity index (χ3v) is 5.85. The molecule has 4 rings (SSSR count). The molecule has 160 valence electrons. The molecular weight excluding hydrogens is 414 g/mol. The smallest absolute Gasteiger partial charge is 0.223 e. The van der Waals surface area contributed by atoms with Gasteiger partial charge in [-0.1, -0.05) is 23.7 Å². The van der Waals surface area contributed by atoms with Gasteiger partial charge < -0.3 is 14.2 Å². The number of carbonyl (C=O) groups excluding carboxylic acids is 2. The highest BCUT2D eigenvalue weighted by molar-refractivity contribution is 6.33. The van der Waals surface area contributed by atoms with Crippen molar-refractivity contribution < 1.29 is 14.0 Å². The predicted octanol–water partition coefficient (Wildman–Crippen LogP) is 4.48. The van der Waals surface area contributed by atoms with Crippen LogP contribution in [0, 0.1) is 0 Å². The van der Waals surface area contributed by atoms with Gasteiger partial charge >= 0.3 is 0 Å². The van der Waals surface area contributed by atoms with Crippen molar-refractivity contribution in [2.24, 2.45) is 0 Å². The fraction of sp³-hybridized carbons (Fsp3) is 0.292. The van der Waals surface area contributed by atoms with Gasteiger partial charge in [0.1, 0.15) is 0 Å². The fourth-order valence-corrected chi connectivity index (χ4v) is 3.93. The number of piperazine rings is 1. The van der Waals surface area contributed by atoms with Crippen LogP contribution in [0.2, 0.25) is 5.02 Å². The standard InChI is InChI=1S/C24H24ClN3O3/c1-17(29)18-6-8-19(9-7-18)27-12-14-28(15-13-27)24(30)11-10-23-26-16-22(31-23)20-4-2-3-5-21(20)25/h2-9,16H,10-15H2,1H3. The Labute approximate surface area is 186 Å². The van der Waals surface area contributed by atoms with Crippen molar-refractivity contribution in [3.63, 3.8) is 0 Å². The molecule has 7 heteroatoms.